The normalized spacial score (nSPS) is 17.3. The Bertz CT molecular complexity index is 433. The van der Waals surface area contributed by atoms with Crippen molar-refractivity contribution in [1.29, 1.82) is 0 Å². The highest BCUT2D eigenvalue weighted by Crippen LogP contribution is 2.35. The Kier molecular flexibility index (Phi) is 3.07. The fourth-order valence-corrected chi connectivity index (χ4v) is 2.16. The molecule has 0 aromatic heterocycles. The van der Waals surface area contributed by atoms with Crippen molar-refractivity contribution in [2.24, 2.45) is 0 Å². The van der Waals surface area contributed by atoms with Crippen molar-refractivity contribution in [3.8, 4) is 0 Å². The molecule has 0 atom stereocenters. The first-order valence-corrected chi connectivity index (χ1v) is 5.79. The second-order valence-corrected chi connectivity index (χ2v) is 4.77. The molecule has 3 N–H and O–H groups in total. The van der Waals surface area contributed by atoms with Gasteiger partial charge >= 0.3 is 5.97 Å². The Morgan fingerprint density at radius 2 is 2.18 bits per heavy atom. The highest BCUT2D eigenvalue weighted by molar-refractivity contribution is 5.94. The van der Waals surface area contributed by atoms with Gasteiger partial charge in [0.25, 0.3) is 0 Å². The number of aryl methyl sites for hydroxylation is 1. The molecule has 0 amide bonds. The number of nitrogens with one attached hydrogen (secondary N) is 1. The summed E-state index contributed by atoms with van der Waals surface area (Å²) >= 11 is 0. The van der Waals surface area contributed by atoms with Crippen molar-refractivity contribution in [3.05, 3.63) is 29.3 Å². The second kappa shape index (κ2) is 4.37. The first kappa shape index (κ1) is 11.9. The number of carboxylic acids is 1. The summed E-state index contributed by atoms with van der Waals surface area (Å²) in [5.74, 6) is -0.941. The third-order valence-electron chi connectivity index (χ3n) is 3.42. The molecule has 1 aliphatic carbocycles. The third-order valence-corrected chi connectivity index (χ3v) is 3.42. The van der Waals surface area contributed by atoms with Crippen LogP contribution < -0.4 is 5.32 Å². The monoisotopic (exact) mass is 235 g/mol. The number of anilines is 1. The quantitative estimate of drug-likeness (QED) is 0.746. The van der Waals surface area contributed by atoms with Crippen LogP contribution in [0.25, 0.3) is 0 Å². The summed E-state index contributed by atoms with van der Waals surface area (Å²) < 4.78 is 0. The molecule has 4 nitrogen and oxygen atoms in total. The van der Waals surface area contributed by atoms with Gasteiger partial charge in [0.15, 0.2) is 0 Å². The second-order valence-electron chi connectivity index (χ2n) is 4.77. The summed E-state index contributed by atoms with van der Waals surface area (Å²) in [7, 11) is 0. The van der Waals surface area contributed by atoms with Crippen LogP contribution in [0.3, 0.4) is 0 Å². The Labute approximate surface area is 100 Å². The van der Waals surface area contributed by atoms with Crippen LogP contribution in [0.15, 0.2) is 18.2 Å². The number of carboxylic acid groups (broad SMARTS) is 1. The van der Waals surface area contributed by atoms with E-state index in [9.17, 15) is 9.90 Å². The average molecular weight is 235 g/mol. The van der Waals surface area contributed by atoms with E-state index in [1.807, 2.05) is 13.0 Å². The van der Waals surface area contributed by atoms with Crippen molar-refractivity contribution >= 4 is 11.7 Å². The van der Waals surface area contributed by atoms with Crippen LogP contribution in [-0.4, -0.2) is 28.3 Å². The minimum atomic E-state index is -0.941. The van der Waals surface area contributed by atoms with Gasteiger partial charge in [-0.25, -0.2) is 4.79 Å². The summed E-state index contributed by atoms with van der Waals surface area (Å²) in [6.07, 6.45) is 2.84. The molecule has 0 unspecified atom stereocenters. The number of rotatable bonds is 4. The first-order valence-electron chi connectivity index (χ1n) is 5.79. The zero-order valence-electron chi connectivity index (χ0n) is 9.86. The first-order chi connectivity index (χ1) is 8.06. The Hall–Kier alpha value is -1.55. The molecule has 0 aliphatic heterocycles. The number of carbonyl (C=O) groups is 1. The lowest BCUT2D eigenvalue weighted by molar-refractivity contribution is 0.0697. The van der Waals surface area contributed by atoms with Gasteiger partial charge in [-0.2, -0.15) is 0 Å². The van der Waals surface area contributed by atoms with E-state index in [4.69, 9.17) is 5.11 Å². The molecular formula is C13H17NO3. The fraction of sp³-hybridized carbons (Fsp3) is 0.462. The molecule has 0 heterocycles. The molecule has 0 saturated heterocycles. The average Bonchev–Trinajstić information content (AvgIpc) is 2.25. The lowest BCUT2D eigenvalue weighted by atomic mass is 9.77. The van der Waals surface area contributed by atoms with E-state index in [2.05, 4.69) is 5.32 Å². The maximum atomic E-state index is 11.2. The van der Waals surface area contributed by atoms with Crippen LogP contribution >= 0.6 is 0 Å². The molecule has 1 saturated carbocycles. The predicted molar refractivity (Wildman–Crippen MR) is 65.4 cm³/mol. The van der Waals surface area contributed by atoms with Gasteiger partial charge in [-0.05, 0) is 38.3 Å². The van der Waals surface area contributed by atoms with Crippen molar-refractivity contribution in [1.82, 2.24) is 0 Å². The number of aliphatic hydroxyl groups excluding tert-OH is 1. The molecule has 92 valence electrons. The molecule has 1 aromatic carbocycles. The van der Waals surface area contributed by atoms with Crippen LogP contribution in [0.4, 0.5) is 5.69 Å². The minimum absolute atomic E-state index is 0.0416. The lowest BCUT2D eigenvalue weighted by Gasteiger charge is -2.42. The minimum Gasteiger partial charge on any atom is -0.478 e. The van der Waals surface area contributed by atoms with E-state index in [-0.39, 0.29) is 17.7 Å². The summed E-state index contributed by atoms with van der Waals surface area (Å²) in [6.45, 7) is 1.90. The molecule has 1 aliphatic rings. The largest absolute Gasteiger partial charge is 0.478 e. The van der Waals surface area contributed by atoms with Gasteiger partial charge in [0, 0.05) is 5.69 Å². The van der Waals surface area contributed by atoms with Gasteiger partial charge in [-0.3, -0.25) is 0 Å². The molecule has 0 bridgehead atoms. The molecule has 1 aromatic rings. The van der Waals surface area contributed by atoms with Gasteiger partial charge in [0.1, 0.15) is 0 Å². The predicted octanol–water partition coefficient (Wildman–Crippen LogP) is 2.02. The maximum absolute atomic E-state index is 11.2. The zero-order chi connectivity index (χ0) is 12.5. The van der Waals surface area contributed by atoms with Crippen molar-refractivity contribution in [2.45, 2.75) is 31.7 Å². The van der Waals surface area contributed by atoms with Gasteiger partial charge in [0.05, 0.1) is 17.7 Å². The van der Waals surface area contributed by atoms with E-state index in [0.717, 1.165) is 24.8 Å². The van der Waals surface area contributed by atoms with E-state index >= 15 is 0 Å². The van der Waals surface area contributed by atoms with Gasteiger partial charge in [0.2, 0.25) is 0 Å². The molecule has 1 fully saturated rings. The van der Waals surface area contributed by atoms with Gasteiger partial charge < -0.3 is 15.5 Å². The van der Waals surface area contributed by atoms with Crippen LogP contribution in [-0.2, 0) is 0 Å². The fourth-order valence-electron chi connectivity index (χ4n) is 2.16. The van der Waals surface area contributed by atoms with Crippen LogP contribution in [0.5, 0.6) is 0 Å². The van der Waals surface area contributed by atoms with Gasteiger partial charge in [-0.1, -0.05) is 11.6 Å². The molecule has 4 heteroatoms. The number of hydrogen-bond donors (Lipinski definition) is 3. The molecular weight excluding hydrogens is 218 g/mol. The van der Waals surface area contributed by atoms with Crippen LogP contribution in [0.1, 0.15) is 35.2 Å². The Balaban J connectivity index is 2.29. The third kappa shape index (κ3) is 2.26. The van der Waals surface area contributed by atoms with E-state index in [1.165, 1.54) is 0 Å². The number of aromatic carboxylic acids is 1. The molecule has 0 spiro atoms. The summed E-state index contributed by atoms with van der Waals surface area (Å²) in [5.41, 5.74) is 1.46. The van der Waals surface area contributed by atoms with Crippen molar-refractivity contribution in [3.63, 3.8) is 0 Å². The van der Waals surface area contributed by atoms with Crippen molar-refractivity contribution in [2.75, 3.05) is 11.9 Å². The number of aliphatic hydroxyl groups is 1. The highest BCUT2D eigenvalue weighted by atomic mass is 16.4. The standard InChI is InChI=1S/C13H17NO3/c1-9-3-4-11(10(7-9)12(16)17)14-13(8-15)5-2-6-13/h3-4,7,14-15H,2,5-6,8H2,1H3,(H,16,17). The smallest absolute Gasteiger partial charge is 0.337 e. The van der Waals surface area contributed by atoms with Crippen LogP contribution in [0.2, 0.25) is 0 Å². The Morgan fingerprint density at radius 3 is 2.65 bits per heavy atom. The van der Waals surface area contributed by atoms with E-state index in [1.54, 1.807) is 12.1 Å². The maximum Gasteiger partial charge on any atom is 0.337 e. The summed E-state index contributed by atoms with van der Waals surface area (Å²) in [4.78, 5) is 11.2. The molecule has 2 rings (SSSR count). The SMILES string of the molecule is Cc1ccc(NC2(CO)CCC2)c(C(=O)O)c1. The molecule has 17 heavy (non-hydrogen) atoms. The summed E-state index contributed by atoms with van der Waals surface area (Å²) in [6, 6.07) is 5.29. The Morgan fingerprint density at radius 1 is 1.47 bits per heavy atom. The molecule has 0 radical (unpaired) electrons. The summed E-state index contributed by atoms with van der Waals surface area (Å²) in [5, 5.41) is 21.7. The number of hydrogen-bond acceptors (Lipinski definition) is 3. The van der Waals surface area contributed by atoms with Crippen LogP contribution in [0, 0.1) is 6.92 Å². The van der Waals surface area contributed by atoms with Gasteiger partial charge in [-0.15, -0.1) is 0 Å². The highest BCUT2D eigenvalue weighted by Gasteiger charge is 2.36. The lowest BCUT2D eigenvalue weighted by Crippen LogP contribution is -2.48. The van der Waals surface area contributed by atoms with Crippen molar-refractivity contribution < 1.29 is 15.0 Å². The zero-order valence-corrected chi connectivity index (χ0v) is 9.86. The van der Waals surface area contributed by atoms with E-state index in [0.29, 0.717) is 5.69 Å². The number of benzene rings is 1. The van der Waals surface area contributed by atoms with E-state index < -0.39 is 5.97 Å². The topological polar surface area (TPSA) is 69.6 Å².